The summed E-state index contributed by atoms with van der Waals surface area (Å²) < 4.78 is 0. The van der Waals surface area contributed by atoms with Crippen molar-refractivity contribution < 1.29 is 14.7 Å². The van der Waals surface area contributed by atoms with Crippen molar-refractivity contribution in [2.45, 2.75) is 58.9 Å². The van der Waals surface area contributed by atoms with Crippen molar-refractivity contribution >= 4 is 12.0 Å². The van der Waals surface area contributed by atoms with Gasteiger partial charge in [-0.1, -0.05) is 33.1 Å². The minimum Gasteiger partial charge on any atom is -0.481 e. The van der Waals surface area contributed by atoms with Crippen molar-refractivity contribution in [2.75, 3.05) is 6.54 Å². The number of hydrogen-bond acceptors (Lipinski definition) is 2. The molecule has 0 heterocycles. The highest BCUT2D eigenvalue weighted by molar-refractivity contribution is 5.74. The molecule has 0 saturated heterocycles. The van der Waals surface area contributed by atoms with Crippen LogP contribution in [0.15, 0.2) is 0 Å². The summed E-state index contributed by atoms with van der Waals surface area (Å²) in [6, 6.07) is -0.0509. The van der Waals surface area contributed by atoms with Gasteiger partial charge in [0.15, 0.2) is 0 Å². The van der Waals surface area contributed by atoms with E-state index in [1.54, 1.807) is 6.92 Å². The van der Waals surface area contributed by atoms with Gasteiger partial charge in [0.2, 0.25) is 0 Å². The van der Waals surface area contributed by atoms with Gasteiger partial charge in [-0.2, -0.15) is 0 Å². The number of carboxylic acid groups (broad SMARTS) is 1. The predicted molar refractivity (Wildman–Crippen MR) is 71.6 cm³/mol. The van der Waals surface area contributed by atoms with E-state index in [1.165, 1.54) is 12.8 Å². The molecule has 0 aliphatic heterocycles. The van der Waals surface area contributed by atoms with Crippen molar-refractivity contribution in [3.8, 4) is 0 Å². The lowest BCUT2D eigenvalue weighted by Gasteiger charge is -2.14. The van der Waals surface area contributed by atoms with Crippen molar-refractivity contribution in [3.63, 3.8) is 0 Å². The fraction of sp³-hybridized carbons (Fsp3) is 0.846. The normalized spacial score (nSPS) is 13.7. The van der Waals surface area contributed by atoms with Gasteiger partial charge in [-0.25, -0.2) is 4.79 Å². The molecule has 0 rings (SSSR count). The quantitative estimate of drug-likeness (QED) is 0.555. The minimum absolute atomic E-state index is 0.161. The molecule has 5 heteroatoms. The van der Waals surface area contributed by atoms with Crippen LogP contribution in [0.3, 0.4) is 0 Å². The van der Waals surface area contributed by atoms with Gasteiger partial charge in [-0.05, 0) is 19.8 Å². The van der Waals surface area contributed by atoms with Gasteiger partial charge in [0.1, 0.15) is 0 Å². The lowest BCUT2D eigenvalue weighted by molar-refractivity contribution is -0.141. The number of carbonyl (C=O) groups is 2. The standard InChI is InChI=1S/C13H26N2O3/c1-4-5-6-7-11(3)15-13(18)14-9-8-10(2)12(16)17/h10-11H,4-9H2,1-3H3,(H,16,17)(H2,14,15,18). The highest BCUT2D eigenvalue weighted by Gasteiger charge is 2.11. The molecule has 5 nitrogen and oxygen atoms in total. The van der Waals surface area contributed by atoms with Crippen LogP contribution in [0.5, 0.6) is 0 Å². The second-order valence-corrected chi connectivity index (χ2v) is 4.83. The molecular formula is C13H26N2O3. The van der Waals surface area contributed by atoms with Gasteiger partial charge in [0, 0.05) is 12.6 Å². The molecule has 0 aromatic heterocycles. The summed E-state index contributed by atoms with van der Waals surface area (Å²) in [5.74, 6) is -1.25. The number of unbranched alkanes of at least 4 members (excludes halogenated alkanes) is 2. The third-order valence-corrected chi connectivity index (χ3v) is 2.90. The minimum atomic E-state index is -0.829. The maximum absolute atomic E-state index is 11.5. The topological polar surface area (TPSA) is 78.4 Å². The summed E-state index contributed by atoms with van der Waals surface area (Å²) in [4.78, 5) is 22.0. The third-order valence-electron chi connectivity index (χ3n) is 2.90. The molecule has 0 aliphatic rings. The summed E-state index contributed by atoms with van der Waals surface area (Å²) in [6.07, 6.45) is 4.91. The maximum Gasteiger partial charge on any atom is 0.314 e. The van der Waals surface area contributed by atoms with Crippen LogP contribution in [0, 0.1) is 5.92 Å². The van der Waals surface area contributed by atoms with Gasteiger partial charge in [-0.3, -0.25) is 4.79 Å². The molecular weight excluding hydrogens is 232 g/mol. The number of carbonyl (C=O) groups excluding carboxylic acids is 1. The summed E-state index contributed by atoms with van der Waals surface area (Å²) in [5, 5.41) is 14.2. The van der Waals surface area contributed by atoms with E-state index >= 15 is 0 Å². The average Bonchev–Trinajstić information content (AvgIpc) is 2.28. The fourth-order valence-electron chi connectivity index (χ4n) is 1.57. The lowest BCUT2D eigenvalue weighted by atomic mass is 10.1. The Morgan fingerprint density at radius 1 is 1.17 bits per heavy atom. The molecule has 0 spiro atoms. The highest BCUT2D eigenvalue weighted by Crippen LogP contribution is 2.03. The maximum atomic E-state index is 11.5. The van der Waals surface area contributed by atoms with E-state index in [4.69, 9.17) is 5.11 Å². The van der Waals surface area contributed by atoms with Crippen LogP contribution in [0.1, 0.15) is 52.9 Å². The van der Waals surface area contributed by atoms with Crippen LogP contribution in [-0.4, -0.2) is 29.7 Å². The first kappa shape index (κ1) is 16.7. The Morgan fingerprint density at radius 2 is 1.83 bits per heavy atom. The Kier molecular flexibility index (Phi) is 9.06. The van der Waals surface area contributed by atoms with Crippen LogP contribution in [0.25, 0.3) is 0 Å². The van der Waals surface area contributed by atoms with Crippen molar-refractivity contribution in [2.24, 2.45) is 5.92 Å². The summed E-state index contributed by atoms with van der Waals surface area (Å²) in [7, 11) is 0. The largest absolute Gasteiger partial charge is 0.481 e. The van der Waals surface area contributed by atoms with Gasteiger partial charge in [0.05, 0.1) is 5.92 Å². The zero-order valence-corrected chi connectivity index (χ0v) is 11.7. The first-order chi connectivity index (χ1) is 8.47. The van der Waals surface area contributed by atoms with E-state index in [9.17, 15) is 9.59 Å². The number of aliphatic carboxylic acids is 1. The van der Waals surface area contributed by atoms with E-state index < -0.39 is 11.9 Å². The number of carboxylic acids is 1. The van der Waals surface area contributed by atoms with Crippen LogP contribution in [0.2, 0.25) is 0 Å². The van der Waals surface area contributed by atoms with Crippen LogP contribution in [0.4, 0.5) is 4.79 Å². The molecule has 2 atom stereocenters. The van der Waals surface area contributed by atoms with Gasteiger partial charge >= 0.3 is 12.0 Å². The SMILES string of the molecule is CCCCCC(C)NC(=O)NCCC(C)C(=O)O. The zero-order valence-electron chi connectivity index (χ0n) is 11.7. The first-order valence-corrected chi connectivity index (χ1v) is 6.74. The number of amides is 2. The van der Waals surface area contributed by atoms with Crippen LogP contribution < -0.4 is 10.6 Å². The predicted octanol–water partition coefficient (Wildman–Crippen LogP) is 2.37. The molecule has 0 aliphatic carbocycles. The summed E-state index contributed by atoms with van der Waals surface area (Å²) >= 11 is 0. The Balaban J connectivity index is 3.61. The van der Waals surface area contributed by atoms with Crippen molar-refractivity contribution in [1.82, 2.24) is 10.6 Å². The van der Waals surface area contributed by atoms with Crippen LogP contribution in [-0.2, 0) is 4.79 Å². The molecule has 0 bridgehead atoms. The Morgan fingerprint density at radius 3 is 2.39 bits per heavy atom. The van der Waals surface area contributed by atoms with Gasteiger partial charge < -0.3 is 15.7 Å². The Bertz CT molecular complexity index is 257. The van der Waals surface area contributed by atoms with Crippen LogP contribution >= 0.6 is 0 Å². The average molecular weight is 258 g/mol. The van der Waals surface area contributed by atoms with Gasteiger partial charge in [-0.15, -0.1) is 0 Å². The number of nitrogens with one attached hydrogen (secondary N) is 2. The molecule has 0 aromatic rings. The Labute approximate surface area is 109 Å². The van der Waals surface area contributed by atoms with E-state index in [-0.39, 0.29) is 12.1 Å². The van der Waals surface area contributed by atoms with Crippen molar-refractivity contribution in [1.29, 1.82) is 0 Å². The lowest BCUT2D eigenvalue weighted by Crippen LogP contribution is -2.41. The molecule has 0 fully saturated rings. The van der Waals surface area contributed by atoms with Crippen molar-refractivity contribution in [3.05, 3.63) is 0 Å². The molecule has 0 saturated carbocycles. The molecule has 18 heavy (non-hydrogen) atoms. The smallest absolute Gasteiger partial charge is 0.314 e. The highest BCUT2D eigenvalue weighted by atomic mass is 16.4. The van der Waals surface area contributed by atoms with E-state index in [2.05, 4.69) is 17.6 Å². The van der Waals surface area contributed by atoms with E-state index in [1.807, 2.05) is 6.92 Å². The second kappa shape index (κ2) is 9.74. The monoisotopic (exact) mass is 258 g/mol. The van der Waals surface area contributed by atoms with E-state index in [0.29, 0.717) is 13.0 Å². The molecule has 106 valence electrons. The number of hydrogen-bond donors (Lipinski definition) is 3. The number of rotatable bonds is 9. The van der Waals surface area contributed by atoms with E-state index in [0.717, 1.165) is 12.8 Å². The van der Waals surface area contributed by atoms with Gasteiger partial charge in [0.25, 0.3) is 0 Å². The number of urea groups is 1. The first-order valence-electron chi connectivity index (χ1n) is 6.74. The molecule has 2 amide bonds. The molecule has 3 N–H and O–H groups in total. The zero-order chi connectivity index (χ0) is 14.0. The summed E-state index contributed by atoms with van der Waals surface area (Å²) in [5.41, 5.74) is 0. The Hall–Kier alpha value is -1.26. The molecule has 0 radical (unpaired) electrons. The summed E-state index contributed by atoms with van der Waals surface area (Å²) in [6.45, 7) is 6.15. The molecule has 0 aromatic carbocycles. The second-order valence-electron chi connectivity index (χ2n) is 4.83. The molecule has 2 unspecified atom stereocenters. The third kappa shape index (κ3) is 8.84. The fourth-order valence-corrected chi connectivity index (χ4v) is 1.57.